The Labute approximate surface area is 137 Å². The van der Waals surface area contributed by atoms with Gasteiger partial charge in [0, 0.05) is 5.69 Å². The molecule has 0 heterocycles. The first-order valence-electron chi connectivity index (χ1n) is 7.12. The lowest BCUT2D eigenvalue weighted by atomic mass is 10.2. The van der Waals surface area contributed by atoms with Gasteiger partial charge in [0.15, 0.2) is 9.84 Å². The zero-order valence-electron chi connectivity index (χ0n) is 13.2. The highest BCUT2D eigenvalue weighted by Gasteiger charge is 2.17. The summed E-state index contributed by atoms with van der Waals surface area (Å²) >= 11 is 1.64. The summed E-state index contributed by atoms with van der Waals surface area (Å²) in [5, 5.41) is 2.31. The number of amides is 1. The normalized spacial score (nSPS) is 13.1. The van der Waals surface area contributed by atoms with E-state index in [9.17, 15) is 13.2 Å². The highest BCUT2D eigenvalue weighted by Crippen LogP contribution is 2.16. The van der Waals surface area contributed by atoms with E-state index in [1.54, 1.807) is 49.9 Å². The highest BCUT2D eigenvalue weighted by molar-refractivity contribution is 7.98. The molecule has 0 fully saturated rings. The van der Waals surface area contributed by atoms with Crippen molar-refractivity contribution in [1.82, 2.24) is 0 Å². The van der Waals surface area contributed by atoms with E-state index in [1.165, 1.54) is 0 Å². The van der Waals surface area contributed by atoms with Gasteiger partial charge >= 0.3 is 0 Å². The second-order valence-electron chi connectivity index (χ2n) is 5.43. The van der Waals surface area contributed by atoms with E-state index in [0.717, 1.165) is 5.75 Å². The summed E-state index contributed by atoms with van der Waals surface area (Å²) in [5.74, 6) is 0.534. The van der Waals surface area contributed by atoms with E-state index in [2.05, 4.69) is 5.32 Å². The zero-order chi connectivity index (χ0) is 16.8. The molecule has 0 unspecified atom stereocenters. The highest BCUT2D eigenvalue weighted by atomic mass is 32.2. The minimum absolute atomic E-state index is 0.0348. The molecule has 0 radical (unpaired) electrons. The third kappa shape index (κ3) is 5.98. The monoisotopic (exact) mass is 344 g/mol. The number of carbonyl (C=O) groups is 1. The van der Waals surface area contributed by atoms with E-state index in [4.69, 9.17) is 5.73 Å². The quantitative estimate of drug-likeness (QED) is 0.753. The number of rotatable bonds is 8. The number of benzene rings is 1. The summed E-state index contributed by atoms with van der Waals surface area (Å²) in [6.45, 7) is 3.32. The summed E-state index contributed by atoms with van der Waals surface area (Å²) in [6, 6.07) is 6.32. The Morgan fingerprint density at radius 3 is 2.64 bits per heavy atom. The van der Waals surface area contributed by atoms with Gasteiger partial charge in [-0.05, 0) is 50.0 Å². The van der Waals surface area contributed by atoms with Gasteiger partial charge < -0.3 is 11.1 Å². The predicted octanol–water partition coefficient (Wildman–Crippen LogP) is 2.03. The fraction of sp³-hybridized carbons (Fsp3) is 0.533. The van der Waals surface area contributed by atoms with Gasteiger partial charge in [-0.2, -0.15) is 11.8 Å². The molecule has 7 heteroatoms. The van der Waals surface area contributed by atoms with Gasteiger partial charge in [-0.3, -0.25) is 4.79 Å². The molecule has 0 saturated carbocycles. The van der Waals surface area contributed by atoms with Crippen LogP contribution in [0.25, 0.3) is 0 Å². The third-order valence-corrected chi connectivity index (χ3v) is 6.07. The van der Waals surface area contributed by atoms with Crippen molar-refractivity contribution in [2.24, 2.45) is 5.73 Å². The van der Waals surface area contributed by atoms with Crippen molar-refractivity contribution in [2.45, 2.75) is 37.3 Å². The van der Waals surface area contributed by atoms with Gasteiger partial charge in [-0.25, -0.2) is 8.42 Å². The van der Waals surface area contributed by atoms with Gasteiger partial charge in [0.05, 0.1) is 17.0 Å². The zero-order valence-corrected chi connectivity index (χ0v) is 14.8. The van der Waals surface area contributed by atoms with E-state index in [0.29, 0.717) is 17.7 Å². The van der Waals surface area contributed by atoms with E-state index in [-0.39, 0.29) is 11.7 Å². The van der Waals surface area contributed by atoms with Crippen molar-refractivity contribution in [1.29, 1.82) is 0 Å². The molecule has 0 bridgehead atoms. The van der Waals surface area contributed by atoms with Crippen LogP contribution in [0.3, 0.4) is 0 Å². The molecular formula is C15H24N2O3S2. The Balaban J connectivity index is 2.74. The fourth-order valence-electron chi connectivity index (χ4n) is 1.75. The Morgan fingerprint density at radius 2 is 2.05 bits per heavy atom. The van der Waals surface area contributed by atoms with Crippen LogP contribution in [0.2, 0.25) is 0 Å². The average molecular weight is 345 g/mol. The third-order valence-electron chi connectivity index (χ3n) is 3.25. The maximum absolute atomic E-state index is 12.0. The molecular weight excluding hydrogens is 320 g/mol. The maximum atomic E-state index is 12.0. The molecule has 1 rings (SSSR count). The first-order valence-corrected chi connectivity index (χ1v) is 10.2. The number of carbonyl (C=O) groups excluding carboxylic acids is 1. The molecule has 1 aromatic carbocycles. The summed E-state index contributed by atoms with van der Waals surface area (Å²) < 4.78 is 23.9. The van der Waals surface area contributed by atoms with Crippen molar-refractivity contribution >= 4 is 33.2 Å². The Kier molecular flexibility index (Phi) is 7.38. The summed E-state index contributed by atoms with van der Waals surface area (Å²) in [7, 11) is -3.16. The largest absolute Gasteiger partial charge is 0.325 e. The molecule has 0 aliphatic carbocycles. The Morgan fingerprint density at radius 1 is 1.36 bits per heavy atom. The Hall–Kier alpha value is -1.05. The van der Waals surface area contributed by atoms with E-state index < -0.39 is 21.1 Å². The van der Waals surface area contributed by atoms with Gasteiger partial charge in [0.2, 0.25) is 5.91 Å². The molecule has 0 saturated heterocycles. The minimum Gasteiger partial charge on any atom is -0.325 e. The predicted molar refractivity (Wildman–Crippen MR) is 93.8 cm³/mol. The average Bonchev–Trinajstić information content (AvgIpc) is 2.44. The number of nitrogens with two attached hydrogens (primary N) is 1. The van der Waals surface area contributed by atoms with Crippen LogP contribution < -0.4 is 11.1 Å². The lowest BCUT2D eigenvalue weighted by Crippen LogP contribution is -2.36. The number of sulfone groups is 1. The Bertz CT molecular complexity index is 601. The number of hydrogen-bond acceptors (Lipinski definition) is 5. The summed E-state index contributed by atoms with van der Waals surface area (Å²) in [6.07, 6.45) is 2.57. The summed E-state index contributed by atoms with van der Waals surface area (Å²) in [5.41, 5.74) is 7.04. The van der Waals surface area contributed by atoms with Crippen LogP contribution in [0, 0.1) is 0 Å². The standard InChI is InChI=1S/C15H24N2O3S2/c1-11(2)22(19,20)10-12-5-4-6-13(9-12)17-15(18)14(16)7-8-21-3/h4-6,9,11,14H,7-8,10,16H2,1-3H3,(H,17,18)/t14-/m0/s1. The van der Waals surface area contributed by atoms with Gasteiger partial charge in [0.25, 0.3) is 0 Å². The molecule has 1 amide bonds. The van der Waals surface area contributed by atoms with E-state index >= 15 is 0 Å². The number of anilines is 1. The number of hydrogen-bond donors (Lipinski definition) is 2. The lowest BCUT2D eigenvalue weighted by Gasteiger charge is -2.13. The van der Waals surface area contributed by atoms with Gasteiger partial charge in [-0.15, -0.1) is 0 Å². The van der Waals surface area contributed by atoms with Crippen molar-refractivity contribution in [3.63, 3.8) is 0 Å². The molecule has 0 aromatic heterocycles. The van der Waals surface area contributed by atoms with Crippen LogP contribution in [0.1, 0.15) is 25.8 Å². The number of nitrogens with one attached hydrogen (secondary N) is 1. The fourth-order valence-corrected chi connectivity index (χ4v) is 3.22. The van der Waals surface area contributed by atoms with Crippen molar-refractivity contribution in [3.05, 3.63) is 29.8 Å². The van der Waals surface area contributed by atoms with Crippen LogP contribution in [0.5, 0.6) is 0 Å². The lowest BCUT2D eigenvalue weighted by molar-refractivity contribution is -0.117. The van der Waals surface area contributed by atoms with Crippen molar-refractivity contribution in [3.8, 4) is 0 Å². The minimum atomic E-state index is -3.16. The molecule has 124 valence electrons. The van der Waals surface area contributed by atoms with Crippen LogP contribution in [0.4, 0.5) is 5.69 Å². The SMILES string of the molecule is CSCC[C@H](N)C(=O)Nc1cccc(CS(=O)(=O)C(C)C)c1. The maximum Gasteiger partial charge on any atom is 0.241 e. The summed E-state index contributed by atoms with van der Waals surface area (Å²) in [4.78, 5) is 12.0. The molecule has 0 aliphatic rings. The van der Waals surface area contributed by atoms with Crippen molar-refractivity contribution < 1.29 is 13.2 Å². The molecule has 1 atom stereocenters. The van der Waals surface area contributed by atoms with Crippen LogP contribution in [-0.4, -0.2) is 37.6 Å². The molecule has 22 heavy (non-hydrogen) atoms. The van der Waals surface area contributed by atoms with E-state index in [1.807, 2.05) is 6.26 Å². The van der Waals surface area contributed by atoms with Crippen LogP contribution >= 0.6 is 11.8 Å². The van der Waals surface area contributed by atoms with Gasteiger partial charge in [-0.1, -0.05) is 12.1 Å². The smallest absolute Gasteiger partial charge is 0.241 e. The van der Waals surface area contributed by atoms with Crippen LogP contribution in [-0.2, 0) is 20.4 Å². The first-order chi connectivity index (χ1) is 10.3. The number of thioether (sulfide) groups is 1. The second kappa shape index (κ2) is 8.55. The molecule has 3 N–H and O–H groups in total. The van der Waals surface area contributed by atoms with Crippen LogP contribution in [0.15, 0.2) is 24.3 Å². The second-order valence-corrected chi connectivity index (χ2v) is 8.98. The molecule has 0 spiro atoms. The first kappa shape index (κ1) is 19.0. The molecule has 5 nitrogen and oxygen atoms in total. The van der Waals surface area contributed by atoms with Gasteiger partial charge in [0.1, 0.15) is 0 Å². The molecule has 0 aliphatic heterocycles. The molecule has 1 aromatic rings. The topological polar surface area (TPSA) is 89.3 Å². The van der Waals surface area contributed by atoms with Crippen molar-refractivity contribution in [2.75, 3.05) is 17.3 Å².